The molecule has 2 rings (SSSR count). The summed E-state index contributed by atoms with van der Waals surface area (Å²) in [7, 11) is 0. The molecule has 1 amide bonds. The second-order valence-corrected chi connectivity index (χ2v) is 5.97. The minimum atomic E-state index is 0.0317. The van der Waals surface area contributed by atoms with Gasteiger partial charge < -0.3 is 10.6 Å². The van der Waals surface area contributed by atoms with Gasteiger partial charge in [0.15, 0.2) is 0 Å². The highest BCUT2D eigenvalue weighted by Gasteiger charge is 2.65. The number of rotatable bonds is 2. The summed E-state index contributed by atoms with van der Waals surface area (Å²) in [4.78, 5) is 13.7. The van der Waals surface area contributed by atoms with Gasteiger partial charge in [-0.1, -0.05) is 20.8 Å². The third kappa shape index (κ3) is 1.32. The van der Waals surface area contributed by atoms with Gasteiger partial charge in [0, 0.05) is 19.0 Å². The van der Waals surface area contributed by atoms with Gasteiger partial charge in [0.2, 0.25) is 5.91 Å². The van der Waals surface area contributed by atoms with Crippen molar-refractivity contribution in [3.63, 3.8) is 0 Å². The molecule has 0 aromatic rings. The van der Waals surface area contributed by atoms with Crippen LogP contribution in [0.3, 0.4) is 0 Å². The quantitative estimate of drug-likeness (QED) is 0.748. The topological polar surface area (TPSA) is 46.3 Å². The van der Waals surface area contributed by atoms with Crippen molar-refractivity contribution in [1.82, 2.24) is 4.90 Å². The van der Waals surface area contributed by atoms with Crippen LogP contribution in [0.5, 0.6) is 0 Å². The number of hydrogen-bond acceptors (Lipinski definition) is 2. The first-order valence-corrected chi connectivity index (χ1v) is 5.88. The Morgan fingerprint density at radius 2 is 2.00 bits per heavy atom. The Hall–Kier alpha value is -0.570. The Balaban J connectivity index is 2.25. The molecule has 1 aliphatic heterocycles. The van der Waals surface area contributed by atoms with Crippen molar-refractivity contribution in [2.75, 3.05) is 6.54 Å². The van der Waals surface area contributed by atoms with E-state index in [0.29, 0.717) is 11.8 Å². The lowest BCUT2D eigenvalue weighted by atomic mass is 9.86. The molecule has 0 bridgehead atoms. The van der Waals surface area contributed by atoms with E-state index >= 15 is 0 Å². The highest BCUT2D eigenvalue weighted by atomic mass is 16.2. The van der Waals surface area contributed by atoms with Gasteiger partial charge in [0.25, 0.3) is 0 Å². The molecule has 1 aliphatic carbocycles. The van der Waals surface area contributed by atoms with Crippen LogP contribution in [0.15, 0.2) is 0 Å². The molecular formula is C12H22N2O. The van der Waals surface area contributed by atoms with Crippen LogP contribution in [0.4, 0.5) is 0 Å². The van der Waals surface area contributed by atoms with Crippen LogP contribution in [0.1, 0.15) is 40.5 Å². The highest BCUT2D eigenvalue weighted by molar-refractivity contribution is 5.80. The van der Waals surface area contributed by atoms with E-state index < -0.39 is 0 Å². The molecule has 86 valence electrons. The predicted octanol–water partition coefficient (Wildman–Crippen LogP) is 1.37. The summed E-state index contributed by atoms with van der Waals surface area (Å²) in [6.07, 6.45) is 1.71. The Bertz CT molecular complexity index is 300. The van der Waals surface area contributed by atoms with Crippen LogP contribution in [0.2, 0.25) is 0 Å². The molecule has 0 radical (unpaired) electrons. The molecule has 3 heteroatoms. The number of likely N-dealkylation sites (N-methyl/N-ethyl adjacent to an activating group) is 1. The maximum absolute atomic E-state index is 11.8. The molecule has 2 fully saturated rings. The minimum absolute atomic E-state index is 0.0317. The summed E-state index contributed by atoms with van der Waals surface area (Å²) >= 11 is 0. The van der Waals surface area contributed by atoms with Crippen LogP contribution >= 0.6 is 0 Å². The highest BCUT2D eigenvalue weighted by Crippen LogP contribution is 2.67. The van der Waals surface area contributed by atoms with E-state index in [0.717, 1.165) is 6.54 Å². The van der Waals surface area contributed by atoms with Crippen molar-refractivity contribution < 1.29 is 4.79 Å². The number of carbonyl (C=O) groups is 1. The number of nitrogens with zero attached hydrogens (tertiary/aromatic N) is 1. The second-order valence-electron chi connectivity index (χ2n) is 5.97. The maximum atomic E-state index is 11.8. The molecule has 1 saturated heterocycles. The first-order chi connectivity index (χ1) is 6.83. The number of amides is 1. The standard InChI is InChI=1S/C12H22N2O/c1-5-14-9(15)6-8(13)10(14)12(4)7-11(12,2)3/h8,10H,5-7,13H2,1-4H3/t8-,10-,12?/m0/s1. The van der Waals surface area contributed by atoms with Gasteiger partial charge in [-0.05, 0) is 24.2 Å². The fraction of sp³-hybridized carbons (Fsp3) is 0.917. The summed E-state index contributed by atoms with van der Waals surface area (Å²) < 4.78 is 0. The largest absolute Gasteiger partial charge is 0.338 e. The number of carbonyl (C=O) groups excluding carboxylic acids is 1. The zero-order chi connectivity index (χ0) is 11.4. The Morgan fingerprint density at radius 3 is 2.40 bits per heavy atom. The Morgan fingerprint density at radius 1 is 1.47 bits per heavy atom. The first kappa shape index (κ1) is 10.9. The van der Waals surface area contributed by atoms with E-state index in [9.17, 15) is 4.79 Å². The zero-order valence-electron chi connectivity index (χ0n) is 10.2. The molecule has 1 unspecified atom stereocenters. The van der Waals surface area contributed by atoms with Gasteiger partial charge in [-0.15, -0.1) is 0 Å². The SMILES string of the molecule is CCN1C(=O)C[C@H](N)[C@H]1C1(C)CC1(C)C. The van der Waals surface area contributed by atoms with Gasteiger partial charge in [0.1, 0.15) is 0 Å². The fourth-order valence-electron chi connectivity index (χ4n) is 3.39. The molecule has 1 saturated carbocycles. The van der Waals surface area contributed by atoms with Gasteiger partial charge in [-0.2, -0.15) is 0 Å². The fourth-order valence-corrected chi connectivity index (χ4v) is 3.39. The van der Waals surface area contributed by atoms with Crippen molar-refractivity contribution in [3.05, 3.63) is 0 Å². The van der Waals surface area contributed by atoms with Crippen molar-refractivity contribution in [1.29, 1.82) is 0 Å². The first-order valence-electron chi connectivity index (χ1n) is 5.88. The lowest BCUT2D eigenvalue weighted by molar-refractivity contribution is -0.129. The lowest BCUT2D eigenvalue weighted by Gasteiger charge is -2.33. The summed E-state index contributed by atoms with van der Waals surface area (Å²) in [5.74, 6) is 0.235. The van der Waals surface area contributed by atoms with Crippen LogP contribution in [0, 0.1) is 10.8 Å². The Labute approximate surface area is 92.0 Å². The molecule has 2 N–H and O–H groups in total. The maximum Gasteiger partial charge on any atom is 0.224 e. The predicted molar refractivity (Wildman–Crippen MR) is 60.3 cm³/mol. The van der Waals surface area contributed by atoms with Crippen molar-refractivity contribution in [2.24, 2.45) is 16.6 Å². The molecule has 3 atom stereocenters. The van der Waals surface area contributed by atoms with Gasteiger partial charge in [-0.3, -0.25) is 4.79 Å². The molecule has 1 heterocycles. The number of hydrogen-bond donors (Lipinski definition) is 1. The van der Waals surface area contributed by atoms with Crippen molar-refractivity contribution in [3.8, 4) is 0 Å². The Kier molecular flexibility index (Phi) is 2.16. The molecule has 15 heavy (non-hydrogen) atoms. The summed E-state index contributed by atoms with van der Waals surface area (Å²) in [5, 5.41) is 0. The second kappa shape index (κ2) is 2.97. The van der Waals surface area contributed by atoms with E-state index in [1.807, 2.05) is 11.8 Å². The third-order valence-corrected chi connectivity index (χ3v) is 4.70. The molecule has 2 aliphatic rings. The van der Waals surface area contributed by atoms with E-state index in [1.54, 1.807) is 0 Å². The van der Waals surface area contributed by atoms with Gasteiger partial charge >= 0.3 is 0 Å². The van der Waals surface area contributed by atoms with E-state index in [2.05, 4.69) is 20.8 Å². The third-order valence-electron chi connectivity index (χ3n) is 4.70. The summed E-state index contributed by atoms with van der Waals surface area (Å²) in [6.45, 7) is 9.66. The molecule has 0 aromatic carbocycles. The van der Waals surface area contributed by atoms with E-state index in [-0.39, 0.29) is 23.4 Å². The van der Waals surface area contributed by atoms with Gasteiger partial charge in [-0.25, -0.2) is 0 Å². The minimum Gasteiger partial charge on any atom is -0.338 e. The monoisotopic (exact) mass is 210 g/mol. The van der Waals surface area contributed by atoms with Crippen molar-refractivity contribution in [2.45, 2.75) is 52.6 Å². The summed E-state index contributed by atoms with van der Waals surface area (Å²) in [5.41, 5.74) is 6.69. The zero-order valence-corrected chi connectivity index (χ0v) is 10.2. The van der Waals surface area contributed by atoms with Crippen LogP contribution < -0.4 is 5.73 Å². The molecule has 3 nitrogen and oxygen atoms in total. The van der Waals surface area contributed by atoms with Crippen LogP contribution in [0.25, 0.3) is 0 Å². The lowest BCUT2D eigenvalue weighted by Crippen LogP contribution is -2.47. The smallest absolute Gasteiger partial charge is 0.224 e. The van der Waals surface area contributed by atoms with Crippen LogP contribution in [-0.2, 0) is 4.79 Å². The molecular weight excluding hydrogens is 188 g/mol. The van der Waals surface area contributed by atoms with Gasteiger partial charge in [0.05, 0.1) is 6.04 Å². The number of likely N-dealkylation sites (tertiary alicyclic amines) is 1. The normalized spacial score (nSPS) is 43.5. The summed E-state index contributed by atoms with van der Waals surface area (Å²) in [6, 6.07) is 0.286. The number of nitrogens with two attached hydrogens (primary N) is 1. The van der Waals surface area contributed by atoms with Crippen molar-refractivity contribution >= 4 is 5.91 Å². The average molecular weight is 210 g/mol. The van der Waals surface area contributed by atoms with E-state index in [1.165, 1.54) is 6.42 Å². The van der Waals surface area contributed by atoms with Crippen LogP contribution in [-0.4, -0.2) is 29.4 Å². The van der Waals surface area contributed by atoms with E-state index in [4.69, 9.17) is 5.73 Å². The molecule has 0 spiro atoms. The average Bonchev–Trinajstić information content (AvgIpc) is 2.48. The molecule has 0 aromatic heterocycles.